The molecule has 138 valence electrons. The van der Waals surface area contributed by atoms with E-state index in [1.807, 2.05) is 18.2 Å². The van der Waals surface area contributed by atoms with Crippen molar-refractivity contribution in [3.05, 3.63) is 53.6 Å². The minimum atomic E-state index is -0.348. The summed E-state index contributed by atoms with van der Waals surface area (Å²) < 4.78 is 11.6. The maximum Gasteiger partial charge on any atom is 0.345 e. The standard InChI is InChI=1S/C20H24N2O4/c1-14-11-16-12-15(7-8-19(16)26-14)9-10-25-18-6-4-5-17(13-18)21-20(23)22(2)24-3/h4-8,12-14H,9-11H2,1-3H3,(H,21,23). The molecular formula is C20H24N2O4. The predicted molar refractivity (Wildman–Crippen MR) is 99.7 cm³/mol. The van der Waals surface area contributed by atoms with Crippen LogP contribution in [0.15, 0.2) is 42.5 Å². The Morgan fingerprint density at radius 2 is 2.15 bits per heavy atom. The third kappa shape index (κ3) is 4.46. The van der Waals surface area contributed by atoms with Gasteiger partial charge in [0, 0.05) is 31.6 Å². The summed E-state index contributed by atoms with van der Waals surface area (Å²) in [6.07, 6.45) is 2.03. The highest BCUT2D eigenvalue weighted by molar-refractivity contribution is 5.88. The van der Waals surface area contributed by atoms with E-state index in [1.165, 1.54) is 25.3 Å². The molecule has 1 N–H and O–H groups in total. The molecule has 6 nitrogen and oxygen atoms in total. The largest absolute Gasteiger partial charge is 0.493 e. The smallest absolute Gasteiger partial charge is 0.345 e. The van der Waals surface area contributed by atoms with Crippen molar-refractivity contribution in [3.63, 3.8) is 0 Å². The molecular weight excluding hydrogens is 332 g/mol. The lowest BCUT2D eigenvalue weighted by molar-refractivity contribution is -0.0598. The van der Waals surface area contributed by atoms with Gasteiger partial charge in [0.1, 0.15) is 17.6 Å². The molecule has 1 atom stereocenters. The zero-order valence-electron chi connectivity index (χ0n) is 15.3. The number of benzene rings is 2. The Balaban J connectivity index is 1.53. The van der Waals surface area contributed by atoms with Gasteiger partial charge in [-0.3, -0.25) is 4.84 Å². The number of nitrogens with one attached hydrogen (secondary N) is 1. The third-order valence-electron chi connectivity index (χ3n) is 4.27. The van der Waals surface area contributed by atoms with Gasteiger partial charge in [-0.05, 0) is 36.2 Å². The average molecular weight is 356 g/mol. The number of hydrogen-bond acceptors (Lipinski definition) is 4. The Labute approximate surface area is 153 Å². The fourth-order valence-electron chi connectivity index (χ4n) is 2.87. The van der Waals surface area contributed by atoms with Gasteiger partial charge in [-0.25, -0.2) is 9.86 Å². The highest BCUT2D eigenvalue weighted by Crippen LogP contribution is 2.29. The summed E-state index contributed by atoms with van der Waals surface area (Å²) in [6.45, 7) is 2.64. The van der Waals surface area contributed by atoms with Crippen molar-refractivity contribution in [1.82, 2.24) is 5.06 Å². The zero-order chi connectivity index (χ0) is 18.5. The number of fused-ring (bicyclic) bond motifs is 1. The van der Waals surface area contributed by atoms with Crippen molar-refractivity contribution in [2.75, 3.05) is 26.1 Å². The Morgan fingerprint density at radius 3 is 2.96 bits per heavy atom. The fraction of sp³-hybridized carbons (Fsp3) is 0.350. The number of ether oxygens (including phenoxy) is 2. The second kappa shape index (κ2) is 8.10. The van der Waals surface area contributed by atoms with Crippen LogP contribution in [0.1, 0.15) is 18.1 Å². The van der Waals surface area contributed by atoms with E-state index >= 15 is 0 Å². The molecule has 26 heavy (non-hydrogen) atoms. The molecule has 0 aliphatic carbocycles. The Bertz CT molecular complexity index is 778. The Morgan fingerprint density at radius 1 is 1.31 bits per heavy atom. The molecule has 1 aliphatic heterocycles. The molecule has 0 saturated carbocycles. The van der Waals surface area contributed by atoms with E-state index in [2.05, 4.69) is 24.4 Å². The molecule has 1 heterocycles. The van der Waals surface area contributed by atoms with E-state index in [0.29, 0.717) is 18.0 Å². The minimum Gasteiger partial charge on any atom is -0.493 e. The summed E-state index contributed by atoms with van der Waals surface area (Å²) in [4.78, 5) is 16.7. The SMILES string of the molecule is CON(C)C(=O)Nc1cccc(OCCc2ccc3c(c2)CC(C)O3)c1. The maximum atomic E-state index is 11.8. The quantitative estimate of drug-likeness (QED) is 0.803. The van der Waals surface area contributed by atoms with Crippen LogP contribution >= 0.6 is 0 Å². The molecule has 2 aromatic rings. The third-order valence-corrected chi connectivity index (χ3v) is 4.27. The van der Waals surface area contributed by atoms with Crippen LogP contribution in [0.25, 0.3) is 0 Å². The summed E-state index contributed by atoms with van der Waals surface area (Å²) in [5.74, 6) is 1.70. The van der Waals surface area contributed by atoms with E-state index in [0.717, 1.165) is 23.7 Å². The second-order valence-electron chi connectivity index (χ2n) is 6.31. The molecule has 0 radical (unpaired) electrons. The first-order valence-electron chi connectivity index (χ1n) is 8.65. The summed E-state index contributed by atoms with van der Waals surface area (Å²) >= 11 is 0. The number of anilines is 1. The highest BCUT2D eigenvalue weighted by atomic mass is 16.7. The fourth-order valence-corrected chi connectivity index (χ4v) is 2.87. The number of nitrogens with zero attached hydrogens (tertiary/aromatic N) is 1. The predicted octanol–water partition coefficient (Wildman–Crippen LogP) is 3.66. The number of carbonyl (C=O) groups is 1. The van der Waals surface area contributed by atoms with E-state index in [9.17, 15) is 4.79 Å². The van der Waals surface area contributed by atoms with Crippen LogP contribution in [0.5, 0.6) is 11.5 Å². The summed E-state index contributed by atoms with van der Waals surface area (Å²) in [5.41, 5.74) is 3.15. The van der Waals surface area contributed by atoms with Gasteiger partial charge >= 0.3 is 6.03 Å². The van der Waals surface area contributed by atoms with Crippen LogP contribution in [-0.2, 0) is 17.7 Å². The van der Waals surface area contributed by atoms with Gasteiger partial charge in [-0.1, -0.05) is 18.2 Å². The van der Waals surface area contributed by atoms with Crippen LogP contribution in [0.3, 0.4) is 0 Å². The van der Waals surface area contributed by atoms with E-state index in [-0.39, 0.29) is 12.1 Å². The number of rotatable bonds is 6. The lowest BCUT2D eigenvalue weighted by Crippen LogP contribution is -2.30. The van der Waals surface area contributed by atoms with Crippen molar-refractivity contribution in [1.29, 1.82) is 0 Å². The monoisotopic (exact) mass is 356 g/mol. The van der Waals surface area contributed by atoms with Gasteiger partial charge in [0.15, 0.2) is 0 Å². The Hall–Kier alpha value is -2.73. The number of urea groups is 1. The molecule has 0 bridgehead atoms. The average Bonchev–Trinajstić information content (AvgIpc) is 3.00. The van der Waals surface area contributed by atoms with Crippen LogP contribution in [0.2, 0.25) is 0 Å². The zero-order valence-corrected chi connectivity index (χ0v) is 15.3. The van der Waals surface area contributed by atoms with Crippen LogP contribution in [0, 0.1) is 0 Å². The van der Waals surface area contributed by atoms with Gasteiger partial charge in [0.2, 0.25) is 0 Å². The van der Waals surface area contributed by atoms with Gasteiger partial charge < -0.3 is 14.8 Å². The molecule has 0 spiro atoms. The van der Waals surface area contributed by atoms with Crippen molar-refractivity contribution >= 4 is 11.7 Å². The minimum absolute atomic E-state index is 0.256. The molecule has 1 aliphatic rings. The number of amides is 2. The molecule has 3 rings (SSSR count). The first kappa shape index (κ1) is 18.1. The number of carbonyl (C=O) groups excluding carboxylic acids is 1. The van der Waals surface area contributed by atoms with Crippen molar-refractivity contribution in [2.45, 2.75) is 25.9 Å². The molecule has 0 aromatic heterocycles. The van der Waals surface area contributed by atoms with Crippen molar-refractivity contribution in [3.8, 4) is 11.5 Å². The van der Waals surface area contributed by atoms with E-state index < -0.39 is 0 Å². The number of hydrogen-bond donors (Lipinski definition) is 1. The molecule has 6 heteroatoms. The number of hydroxylamine groups is 2. The highest BCUT2D eigenvalue weighted by Gasteiger charge is 2.18. The first-order valence-corrected chi connectivity index (χ1v) is 8.65. The lowest BCUT2D eigenvalue weighted by atomic mass is 10.1. The van der Waals surface area contributed by atoms with Crippen LogP contribution in [0.4, 0.5) is 10.5 Å². The Kier molecular flexibility index (Phi) is 5.63. The summed E-state index contributed by atoms with van der Waals surface area (Å²) in [7, 11) is 2.98. The van der Waals surface area contributed by atoms with Gasteiger partial charge in [-0.2, -0.15) is 0 Å². The molecule has 2 aromatic carbocycles. The van der Waals surface area contributed by atoms with Gasteiger partial charge in [0.25, 0.3) is 0 Å². The van der Waals surface area contributed by atoms with E-state index in [4.69, 9.17) is 14.3 Å². The van der Waals surface area contributed by atoms with Crippen molar-refractivity contribution < 1.29 is 19.1 Å². The normalized spacial score (nSPS) is 15.1. The second-order valence-corrected chi connectivity index (χ2v) is 6.31. The molecule has 1 unspecified atom stereocenters. The topological polar surface area (TPSA) is 60.0 Å². The molecule has 0 fully saturated rings. The van der Waals surface area contributed by atoms with Crippen molar-refractivity contribution in [2.24, 2.45) is 0 Å². The molecule has 0 saturated heterocycles. The first-order chi connectivity index (χ1) is 12.5. The van der Waals surface area contributed by atoms with Gasteiger partial charge in [0.05, 0.1) is 13.7 Å². The van der Waals surface area contributed by atoms with Gasteiger partial charge in [-0.15, -0.1) is 0 Å². The summed E-state index contributed by atoms with van der Waals surface area (Å²) in [6, 6.07) is 13.3. The van der Waals surface area contributed by atoms with Crippen LogP contribution < -0.4 is 14.8 Å². The molecule has 2 amide bonds. The van der Waals surface area contributed by atoms with E-state index in [1.54, 1.807) is 12.1 Å². The maximum absolute atomic E-state index is 11.8. The van der Waals surface area contributed by atoms with Crippen LogP contribution in [-0.4, -0.2) is 38.0 Å². The summed E-state index contributed by atoms with van der Waals surface area (Å²) in [5, 5.41) is 3.86. The lowest BCUT2D eigenvalue weighted by Gasteiger charge is -2.15.